The molecule has 0 aliphatic carbocycles. The molecule has 0 saturated carbocycles. The predicted octanol–water partition coefficient (Wildman–Crippen LogP) is 4.91. The SMILES string of the molecule is CCOc1ccccc1-c1ccc2c(NC(=O)c3cc(OC)c(OC)c(OC)c3)n[nH]c2c1. The Hall–Kier alpha value is -4.20. The van der Waals surface area contributed by atoms with E-state index < -0.39 is 0 Å². The van der Waals surface area contributed by atoms with Gasteiger partial charge >= 0.3 is 0 Å². The Labute approximate surface area is 191 Å². The molecule has 0 bridgehead atoms. The van der Waals surface area contributed by atoms with Crippen molar-refractivity contribution >= 4 is 22.6 Å². The van der Waals surface area contributed by atoms with Gasteiger partial charge in [0, 0.05) is 16.5 Å². The summed E-state index contributed by atoms with van der Waals surface area (Å²) >= 11 is 0. The van der Waals surface area contributed by atoms with Crippen molar-refractivity contribution in [1.82, 2.24) is 10.2 Å². The molecule has 0 unspecified atom stereocenters. The van der Waals surface area contributed by atoms with E-state index in [4.69, 9.17) is 18.9 Å². The summed E-state index contributed by atoms with van der Waals surface area (Å²) in [6, 6.07) is 16.9. The highest BCUT2D eigenvalue weighted by Crippen LogP contribution is 2.38. The molecule has 170 valence electrons. The van der Waals surface area contributed by atoms with Crippen molar-refractivity contribution in [3.8, 4) is 34.1 Å². The molecule has 33 heavy (non-hydrogen) atoms. The molecule has 0 aliphatic rings. The lowest BCUT2D eigenvalue weighted by Gasteiger charge is -2.13. The molecule has 8 heteroatoms. The summed E-state index contributed by atoms with van der Waals surface area (Å²) in [6.45, 7) is 2.54. The van der Waals surface area contributed by atoms with Crippen LogP contribution in [0.4, 0.5) is 5.82 Å². The lowest BCUT2D eigenvalue weighted by Crippen LogP contribution is -2.13. The van der Waals surface area contributed by atoms with E-state index in [2.05, 4.69) is 15.5 Å². The molecule has 0 atom stereocenters. The number of carbonyl (C=O) groups is 1. The highest BCUT2D eigenvalue weighted by molar-refractivity contribution is 6.08. The third-order valence-corrected chi connectivity index (χ3v) is 5.22. The molecular formula is C25H25N3O5. The fourth-order valence-electron chi connectivity index (χ4n) is 3.66. The molecule has 0 radical (unpaired) electrons. The van der Waals surface area contributed by atoms with Crippen LogP contribution < -0.4 is 24.3 Å². The molecular weight excluding hydrogens is 422 g/mol. The number of rotatable bonds is 8. The number of amides is 1. The minimum atomic E-state index is -0.353. The second-order valence-corrected chi connectivity index (χ2v) is 7.13. The zero-order valence-corrected chi connectivity index (χ0v) is 18.9. The molecule has 0 saturated heterocycles. The van der Waals surface area contributed by atoms with Crippen molar-refractivity contribution < 1.29 is 23.7 Å². The summed E-state index contributed by atoms with van der Waals surface area (Å²) in [4.78, 5) is 13.0. The van der Waals surface area contributed by atoms with Crippen molar-refractivity contribution in [3.63, 3.8) is 0 Å². The zero-order chi connectivity index (χ0) is 23.4. The maximum absolute atomic E-state index is 13.0. The Bertz CT molecular complexity index is 1270. The molecule has 2 N–H and O–H groups in total. The number of aromatic nitrogens is 2. The normalized spacial score (nSPS) is 10.7. The molecule has 4 rings (SSSR count). The van der Waals surface area contributed by atoms with Gasteiger partial charge in [-0.1, -0.05) is 24.3 Å². The number of nitrogens with one attached hydrogen (secondary N) is 2. The summed E-state index contributed by atoms with van der Waals surface area (Å²) in [5.41, 5.74) is 3.11. The van der Waals surface area contributed by atoms with Gasteiger partial charge in [0.1, 0.15) is 5.75 Å². The summed E-state index contributed by atoms with van der Waals surface area (Å²) in [6.07, 6.45) is 0. The second kappa shape index (κ2) is 9.52. The minimum absolute atomic E-state index is 0.350. The number of aromatic amines is 1. The van der Waals surface area contributed by atoms with Crippen LogP contribution in [0.1, 0.15) is 17.3 Å². The summed E-state index contributed by atoms with van der Waals surface area (Å²) in [5.74, 6) is 2.09. The fraction of sp³-hybridized carbons (Fsp3) is 0.200. The van der Waals surface area contributed by atoms with Crippen LogP contribution in [-0.4, -0.2) is 44.0 Å². The summed E-state index contributed by atoms with van der Waals surface area (Å²) < 4.78 is 21.8. The standard InChI is InChI=1S/C25H25N3O5/c1-5-33-20-9-7-6-8-17(20)15-10-11-18-19(12-15)27-28-24(18)26-25(29)16-13-21(30-2)23(32-4)22(14-16)31-3/h6-14H,5H2,1-4H3,(H2,26,27,28,29). The number of hydrogen-bond acceptors (Lipinski definition) is 6. The smallest absolute Gasteiger partial charge is 0.257 e. The van der Waals surface area contributed by atoms with E-state index in [0.29, 0.717) is 35.2 Å². The maximum Gasteiger partial charge on any atom is 0.257 e. The number of ether oxygens (including phenoxy) is 4. The van der Waals surface area contributed by atoms with Gasteiger partial charge < -0.3 is 24.3 Å². The molecule has 1 amide bonds. The summed E-state index contributed by atoms with van der Waals surface area (Å²) in [5, 5.41) is 10.9. The molecule has 4 aromatic rings. The van der Waals surface area contributed by atoms with E-state index in [0.717, 1.165) is 27.8 Å². The lowest BCUT2D eigenvalue weighted by atomic mass is 10.0. The number of H-pyrrole nitrogens is 1. The van der Waals surface area contributed by atoms with Crippen molar-refractivity contribution in [1.29, 1.82) is 0 Å². The lowest BCUT2D eigenvalue weighted by molar-refractivity contribution is 0.102. The van der Waals surface area contributed by atoms with Crippen LogP contribution in [0.2, 0.25) is 0 Å². The van der Waals surface area contributed by atoms with Crippen LogP contribution in [0.5, 0.6) is 23.0 Å². The van der Waals surface area contributed by atoms with Gasteiger partial charge in [0.15, 0.2) is 17.3 Å². The van der Waals surface area contributed by atoms with E-state index in [-0.39, 0.29) is 5.91 Å². The van der Waals surface area contributed by atoms with Crippen LogP contribution in [-0.2, 0) is 0 Å². The van der Waals surface area contributed by atoms with E-state index in [1.54, 1.807) is 12.1 Å². The van der Waals surface area contributed by atoms with Crippen molar-refractivity contribution in [2.24, 2.45) is 0 Å². The molecule has 1 aromatic heterocycles. The Balaban J connectivity index is 1.64. The average Bonchev–Trinajstić information content (AvgIpc) is 3.25. The van der Waals surface area contributed by atoms with Gasteiger partial charge in [-0.3, -0.25) is 9.89 Å². The first-order valence-electron chi connectivity index (χ1n) is 10.4. The predicted molar refractivity (Wildman–Crippen MR) is 127 cm³/mol. The topological polar surface area (TPSA) is 94.7 Å². The average molecular weight is 447 g/mol. The third kappa shape index (κ3) is 4.27. The Morgan fingerprint density at radius 1 is 0.939 bits per heavy atom. The number of para-hydroxylation sites is 1. The van der Waals surface area contributed by atoms with Gasteiger partial charge in [0.05, 0.1) is 33.5 Å². The van der Waals surface area contributed by atoms with E-state index in [1.807, 2.05) is 49.4 Å². The first-order chi connectivity index (χ1) is 16.1. The largest absolute Gasteiger partial charge is 0.493 e. The molecule has 0 spiro atoms. The number of hydrogen-bond donors (Lipinski definition) is 2. The monoisotopic (exact) mass is 447 g/mol. The van der Waals surface area contributed by atoms with E-state index >= 15 is 0 Å². The van der Waals surface area contributed by atoms with Gasteiger partial charge in [-0.25, -0.2) is 0 Å². The second-order valence-electron chi connectivity index (χ2n) is 7.13. The van der Waals surface area contributed by atoms with Gasteiger partial charge in [-0.05, 0) is 42.8 Å². The van der Waals surface area contributed by atoms with Crippen molar-refractivity contribution in [2.45, 2.75) is 6.92 Å². The van der Waals surface area contributed by atoms with Gasteiger partial charge in [0.2, 0.25) is 5.75 Å². The van der Waals surface area contributed by atoms with Gasteiger partial charge in [-0.2, -0.15) is 5.10 Å². The molecule has 1 heterocycles. The third-order valence-electron chi connectivity index (χ3n) is 5.22. The highest BCUT2D eigenvalue weighted by Gasteiger charge is 2.19. The quantitative estimate of drug-likeness (QED) is 0.399. The number of nitrogens with zero attached hydrogens (tertiary/aromatic N) is 1. The number of benzene rings is 3. The molecule has 0 aliphatic heterocycles. The fourth-order valence-corrected chi connectivity index (χ4v) is 3.66. The Kier molecular flexibility index (Phi) is 6.35. The van der Waals surface area contributed by atoms with Crippen LogP contribution in [0.3, 0.4) is 0 Å². The van der Waals surface area contributed by atoms with Crippen LogP contribution in [0.15, 0.2) is 54.6 Å². The highest BCUT2D eigenvalue weighted by atomic mass is 16.5. The molecule has 3 aromatic carbocycles. The first kappa shape index (κ1) is 22.0. The van der Waals surface area contributed by atoms with E-state index in [1.165, 1.54) is 21.3 Å². The van der Waals surface area contributed by atoms with Crippen LogP contribution in [0, 0.1) is 0 Å². The van der Waals surface area contributed by atoms with Crippen molar-refractivity contribution in [2.75, 3.05) is 33.3 Å². The van der Waals surface area contributed by atoms with Gasteiger partial charge in [0.25, 0.3) is 5.91 Å². The maximum atomic E-state index is 13.0. The molecule has 8 nitrogen and oxygen atoms in total. The number of methoxy groups -OCH3 is 3. The first-order valence-corrected chi connectivity index (χ1v) is 10.4. The van der Waals surface area contributed by atoms with E-state index in [9.17, 15) is 4.79 Å². The number of anilines is 1. The van der Waals surface area contributed by atoms with Crippen LogP contribution >= 0.6 is 0 Å². The Morgan fingerprint density at radius 3 is 2.33 bits per heavy atom. The molecule has 0 fully saturated rings. The zero-order valence-electron chi connectivity index (χ0n) is 18.9. The van der Waals surface area contributed by atoms with Gasteiger partial charge in [-0.15, -0.1) is 0 Å². The van der Waals surface area contributed by atoms with Crippen molar-refractivity contribution in [3.05, 3.63) is 60.2 Å². The number of fused-ring (bicyclic) bond motifs is 1. The van der Waals surface area contributed by atoms with Crippen LogP contribution in [0.25, 0.3) is 22.0 Å². The minimum Gasteiger partial charge on any atom is -0.493 e. The summed E-state index contributed by atoms with van der Waals surface area (Å²) in [7, 11) is 4.51. The number of carbonyl (C=O) groups excluding carboxylic acids is 1. The Morgan fingerprint density at radius 2 is 1.67 bits per heavy atom.